The highest BCUT2D eigenvalue weighted by atomic mass is 32.2. The van der Waals surface area contributed by atoms with Crippen LogP contribution in [0.5, 0.6) is 0 Å². The molecule has 1 fully saturated rings. The fourth-order valence-electron chi connectivity index (χ4n) is 3.87. The van der Waals surface area contributed by atoms with Crippen molar-refractivity contribution in [1.29, 1.82) is 0 Å². The maximum absolute atomic E-state index is 14.9. The number of sulfone groups is 1. The standard InChI is InChI=1S/C19H21FN2O2S/c20-18-13-17(25(23,24)16-4-2-1-3-5-16)12-14-8-11-22(19(14)18)15-6-9-21-10-7-15/h1-5,12-13,15,21H,6-11H2. The van der Waals surface area contributed by atoms with Crippen LogP contribution in [0.25, 0.3) is 0 Å². The molecule has 2 aromatic rings. The SMILES string of the molecule is O=S(=O)(c1ccccc1)c1cc(F)c2c(c1)CCN2C1CCNCC1. The van der Waals surface area contributed by atoms with Gasteiger partial charge in [-0.25, -0.2) is 12.8 Å². The summed E-state index contributed by atoms with van der Waals surface area (Å²) >= 11 is 0. The molecule has 4 rings (SSSR count). The highest BCUT2D eigenvalue weighted by Crippen LogP contribution is 2.37. The van der Waals surface area contributed by atoms with E-state index in [0.29, 0.717) is 18.2 Å². The highest BCUT2D eigenvalue weighted by molar-refractivity contribution is 7.91. The van der Waals surface area contributed by atoms with Gasteiger partial charge in [0.1, 0.15) is 5.82 Å². The Hall–Kier alpha value is -1.92. The minimum Gasteiger partial charge on any atom is -0.366 e. The molecule has 0 saturated carbocycles. The summed E-state index contributed by atoms with van der Waals surface area (Å²) in [5, 5.41) is 3.32. The highest BCUT2D eigenvalue weighted by Gasteiger charge is 2.32. The molecule has 0 atom stereocenters. The first kappa shape index (κ1) is 16.5. The zero-order valence-corrected chi connectivity index (χ0v) is 14.7. The first-order valence-corrected chi connectivity index (χ1v) is 10.2. The second-order valence-corrected chi connectivity index (χ2v) is 8.60. The number of piperidine rings is 1. The normalized spacial score (nSPS) is 18.4. The number of hydrogen-bond donors (Lipinski definition) is 1. The molecule has 1 saturated heterocycles. The number of halogens is 1. The average Bonchev–Trinajstić information content (AvgIpc) is 3.08. The Labute approximate surface area is 147 Å². The first-order chi connectivity index (χ1) is 12.1. The molecule has 2 aromatic carbocycles. The summed E-state index contributed by atoms with van der Waals surface area (Å²) in [4.78, 5) is 2.37. The summed E-state index contributed by atoms with van der Waals surface area (Å²) in [6.07, 6.45) is 2.67. The Kier molecular flexibility index (Phi) is 4.25. The zero-order chi connectivity index (χ0) is 17.4. The van der Waals surface area contributed by atoms with E-state index in [0.717, 1.165) is 38.0 Å². The predicted octanol–water partition coefficient (Wildman–Crippen LogP) is 2.77. The first-order valence-electron chi connectivity index (χ1n) is 8.67. The van der Waals surface area contributed by atoms with Crippen molar-refractivity contribution < 1.29 is 12.8 Å². The van der Waals surface area contributed by atoms with E-state index in [-0.39, 0.29) is 9.79 Å². The van der Waals surface area contributed by atoms with Gasteiger partial charge in [-0.2, -0.15) is 0 Å². The molecule has 0 amide bonds. The van der Waals surface area contributed by atoms with E-state index in [1.807, 2.05) is 0 Å². The molecule has 0 aromatic heterocycles. The van der Waals surface area contributed by atoms with E-state index < -0.39 is 15.7 Å². The Morgan fingerprint density at radius 2 is 1.76 bits per heavy atom. The summed E-state index contributed by atoms with van der Waals surface area (Å²) in [6, 6.07) is 11.4. The van der Waals surface area contributed by atoms with Crippen LogP contribution in [0, 0.1) is 5.82 Å². The fraction of sp³-hybridized carbons (Fsp3) is 0.368. The van der Waals surface area contributed by atoms with Crippen molar-refractivity contribution in [1.82, 2.24) is 5.32 Å². The van der Waals surface area contributed by atoms with Crippen molar-refractivity contribution in [3.8, 4) is 0 Å². The van der Waals surface area contributed by atoms with Gasteiger partial charge in [-0.3, -0.25) is 0 Å². The number of anilines is 1. The Bertz CT molecular complexity index is 878. The second kappa shape index (κ2) is 6.42. The predicted molar refractivity (Wildman–Crippen MR) is 95.2 cm³/mol. The smallest absolute Gasteiger partial charge is 0.206 e. The molecule has 2 aliphatic heterocycles. The molecule has 1 N–H and O–H groups in total. The van der Waals surface area contributed by atoms with E-state index in [2.05, 4.69) is 10.2 Å². The topological polar surface area (TPSA) is 49.4 Å². The summed E-state index contributed by atoms with van der Waals surface area (Å²) in [5.74, 6) is -0.428. The van der Waals surface area contributed by atoms with E-state index in [4.69, 9.17) is 0 Å². The van der Waals surface area contributed by atoms with Crippen molar-refractivity contribution in [2.24, 2.45) is 0 Å². The minimum atomic E-state index is -3.69. The molecule has 0 unspecified atom stereocenters. The average molecular weight is 360 g/mol. The molecule has 2 heterocycles. The van der Waals surface area contributed by atoms with Crippen molar-refractivity contribution in [3.63, 3.8) is 0 Å². The van der Waals surface area contributed by atoms with Gasteiger partial charge >= 0.3 is 0 Å². The number of nitrogens with one attached hydrogen (secondary N) is 1. The van der Waals surface area contributed by atoms with Gasteiger partial charge in [-0.05, 0) is 62.2 Å². The van der Waals surface area contributed by atoms with Gasteiger partial charge in [-0.1, -0.05) is 18.2 Å². The zero-order valence-electron chi connectivity index (χ0n) is 13.9. The van der Waals surface area contributed by atoms with Crippen LogP contribution in [0.2, 0.25) is 0 Å². The van der Waals surface area contributed by atoms with Crippen LogP contribution in [0.15, 0.2) is 52.3 Å². The Balaban J connectivity index is 1.72. The maximum Gasteiger partial charge on any atom is 0.206 e. The molecule has 0 spiro atoms. The lowest BCUT2D eigenvalue weighted by molar-refractivity contribution is 0.432. The molecular formula is C19H21FN2O2S. The van der Waals surface area contributed by atoms with Gasteiger partial charge in [0.25, 0.3) is 0 Å². The van der Waals surface area contributed by atoms with Gasteiger partial charge in [0.15, 0.2) is 0 Å². The summed E-state index contributed by atoms with van der Waals surface area (Å²) in [7, 11) is -3.69. The fourth-order valence-corrected chi connectivity index (χ4v) is 5.21. The third-order valence-corrected chi connectivity index (χ3v) is 6.89. The van der Waals surface area contributed by atoms with E-state index >= 15 is 0 Å². The van der Waals surface area contributed by atoms with Gasteiger partial charge in [0.05, 0.1) is 15.5 Å². The number of rotatable bonds is 3. The molecule has 0 bridgehead atoms. The van der Waals surface area contributed by atoms with Crippen LogP contribution in [-0.2, 0) is 16.3 Å². The number of benzene rings is 2. The Morgan fingerprint density at radius 3 is 2.48 bits per heavy atom. The Morgan fingerprint density at radius 1 is 1.04 bits per heavy atom. The van der Waals surface area contributed by atoms with E-state index in [1.54, 1.807) is 36.4 Å². The van der Waals surface area contributed by atoms with Crippen molar-refractivity contribution in [2.45, 2.75) is 35.1 Å². The largest absolute Gasteiger partial charge is 0.366 e. The van der Waals surface area contributed by atoms with Gasteiger partial charge < -0.3 is 10.2 Å². The number of fused-ring (bicyclic) bond motifs is 1. The van der Waals surface area contributed by atoms with Crippen LogP contribution in [0.3, 0.4) is 0 Å². The van der Waals surface area contributed by atoms with Crippen LogP contribution in [0.1, 0.15) is 18.4 Å². The third-order valence-electron chi connectivity index (χ3n) is 5.14. The lowest BCUT2D eigenvalue weighted by Crippen LogP contribution is -2.42. The molecule has 4 nitrogen and oxygen atoms in total. The van der Waals surface area contributed by atoms with Crippen LogP contribution >= 0.6 is 0 Å². The van der Waals surface area contributed by atoms with Crippen LogP contribution in [0.4, 0.5) is 10.1 Å². The molecular weight excluding hydrogens is 339 g/mol. The van der Waals surface area contributed by atoms with Crippen LogP contribution in [-0.4, -0.2) is 34.1 Å². The van der Waals surface area contributed by atoms with Gasteiger partial charge in [0, 0.05) is 12.6 Å². The van der Waals surface area contributed by atoms with Crippen molar-refractivity contribution >= 4 is 15.5 Å². The minimum absolute atomic E-state index is 0.0436. The molecule has 25 heavy (non-hydrogen) atoms. The monoisotopic (exact) mass is 360 g/mol. The summed E-state index contributed by atoms with van der Waals surface area (Å²) in [5.41, 5.74) is 1.40. The number of hydrogen-bond acceptors (Lipinski definition) is 4. The van der Waals surface area contributed by atoms with Gasteiger partial charge in [0.2, 0.25) is 9.84 Å². The second-order valence-electron chi connectivity index (χ2n) is 6.65. The van der Waals surface area contributed by atoms with E-state index in [1.165, 1.54) is 6.07 Å². The molecule has 0 aliphatic carbocycles. The molecule has 2 aliphatic rings. The van der Waals surface area contributed by atoms with Crippen molar-refractivity contribution in [3.05, 3.63) is 53.8 Å². The van der Waals surface area contributed by atoms with Crippen LogP contribution < -0.4 is 10.2 Å². The quantitative estimate of drug-likeness (QED) is 0.914. The maximum atomic E-state index is 14.9. The number of nitrogens with zero attached hydrogens (tertiary/aromatic N) is 1. The van der Waals surface area contributed by atoms with Gasteiger partial charge in [-0.15, -0.1) is 0 Å². The van der Waals surface area contributed by atoms with Crippen molar-refractivity contribution in [2.75, 3.05) is 24.5 Å². The summed E-state index contributed by atoms with van der Waals surface area (Å²) in [6.45, 7) is 2.64. The summed E-state index contributed by atoms with van der Waals surface area (Å²) < 4.78 is 40.4. The molecule has 132 valence electrons. The lowest BCUT2D eigenvalue weighted by atomic mass is 10.0. The molecule has 6 heteroatoms. The molecule has 0 radical (unpaired) electrons. The lowest BCUT2D eigenvalue weighted by Gasteiger charge is -2.33. The van der Waals surface area contributed by atoms with E-state index in [9.17, 15) is 12.8 Å². The third kappa shape index (κ3) is 2.93.